The van der Waals surface area contributed by atoms with Crippen molar-refractivity contribution in [1.82, 2.24) is 0 Å². The van der Waals surface area contributed by atoms with Gasteiger partial charge in [-0.05, 0) is 19.8 Å². The van der Waals surface area contributed by atoms with Crippen molar-refractivity contribution in [2.75, 3.05) is 7.11 Å². The van der Waals surface area contributed by atoms with Gasteiger partial charge in [0.05, 0.1) is 0 Å². The van der Waals surface area contributed by atoms with Crippen molar-refractivity contribution in [3.05, 3.63) is 0 Å². The molecule has 0 aliphatic carbocycles. The Morgan fingerprint density at radius 3 is 2.36 bits per heavy atom. The third-order valence-corrected chi connectivity index (χ3v) is 1.99. The highest BCUT2D eigenvalue weighted by molar-refractivity contribution is 4.64. The van der Waals surface area contributed by atoms with Gasteiger partial charge in [0.15, 0.2) is 0 Å². The average molecular weight is 159 g/mol. The monoisotopic (exact) mass is 159 g/mol. The molecule has 0 aliphatic rings. The summed E-state index contributed by atoms with van der Waals surface area (Å²) < 4.78 is 5.10. The van der Waals surface area contributed by atoms with Gasteiger partial charge in [0.25, 0.3) is 0 Å². The minimum absolute atomic E-state index is 0.409. The van der Waals surface area contributed by atoms with Gasteiger partial charge in [-0.15, -0.1) is 0 Å². The van der Waals surface area contributed by atoms with Crippen LogP contribution in [0.2, 0.25) is 0 Å². The first-order chi connectivity index (χ1) is 5.12. The van der Waals surface area contributed by atoms with Crippen LogP contribution >= 0.6 is 0 Å². The predicted molar refractivity (Wildman–Crippen MR) is 48.4 cm³/mol. The standard InChI is InChI=1S/C9H21NO/c1-4-5-6-7-8-9(2,10)11-3/h4-8,10H2,1-3H3. The minimum Gasteiger partial charge on any atom is -0.364 e. The maximum Gasteiger partial charge on any atom is 0.113 e. The zero-order valence-electron chi connectivity index (χ0n) is 8.02. The van der Waals surface area contributed by atoms with Gasteiger partial charge in [-0.1, -0.05) is 26.2 Å². The Bertz CT molecular complexity index is 91.6. The SMILES string of the molecule is CCCCCCC(C)(N)OC. The van der Waals surface area contributed by atoms with E-state index in [0.29, 0.717) is 0 Å². The van der Waals surface area contributed by atoms with Crippen molar-refractivity contribution in [2.24, 2.45) is 5.73 Å². The Morgan fingerprint density at radius 1 is 1.27 bits per heavy atom. The molecule has 0 aromatic heterocycles. The molecule has 0 saturated heterocycles. The van der Waals surface area contributed by atoms with Crippen LogP contribution in [0.15, 0.2) is 0 Å². The Balaban J connectivity index is 3.23. The molecule has 2 N–H and O–H groups in total. The summed E-state index contributed by atoms with van der Waals surface area (Å²) in [6, 6.07) is 0. The van der Waals surface area contributed by atoms with Crippen LogP contribution in [0.25, 0.3) is 0 Å². The van der Waals surface area contributed by atoms with Gasteiger partial charge in [0, 0.05) is 7.11 Å². The molecule has 2 nitrogen and oxygen atoms in total. The highest BCUT2D eigenvalue weighted by Gasteiger charge is 2.14. The fourth-order valence-electron chi connectivity index (χ4n) is 1.00. The maximum absolute atomic E-state index is 5.78. The van der Waals surface area contributed by atoms with Gasteiger partial charge in [-0.3, -0.25) is 0 Å². The molecule has 68 valence electrons. The quantitative estimate of drug-likeness (QED) is 0.476. The third kappa shape index (κ3) is 6.32. The Kier molecular flexibility index (Phi) is 5.51. The number of rotatable bonds is 6. The summed E-state index contributed by atoms with van der Waals surface area (Å²) in [6.07, 6.45) is 5.99. The summed E-state index contributed by atoms with van der Waals surface area (Å²) in [4.78, 5) is 0. The van der Waals surface area contributed by atoms with Gasteiger partial charge < -0.3 is 10.5 Å². The number of hydrogen-bond acceptors (Lipinski definition) is 2. The van der Waals surface area contributed by atoms with Gasteiger partial charge in [0.2, 0.25) is 0 Å². The number of nitrogens with two attached hydrogens (primary N) is 1. The fourth-order valence-corrected chi connectivity index (χ4v) is 1.00. The van der Waals surface area contributed by atoms with Crippen LogP contribution in [0.5, 0.6) is 0 Å². The van der Waals surface area contributed by atoms with E-state index in [1.165, 1.54) is 25.7 Å². The smallest absolute Gasteiger partial charge is 0.113 e. The van der Waals surface area contributed by atoms with E-state index in [9.17, 15) is 0 Å². The maximum atomic E-state index is 5.78. The first kappa shape index (κ1) is 10.9. The van der Waals surface area contributed by atoms with Crippen LogP contribution in [0.1, 0.15) is 46.0 Å². The lowest BCUT2D eigenvalue weighted by atomic mass is 10.1. The Morgan fingerprint density at radius 2 is 1.91 bits per heavy atom. The van der Waals surface area contributed by atoms with Crippen molar-refractivity contribution in [2.45, 2.75) is 51.7 Å². The van der Waals surface area contributed by atoms with Crippen molar-refractivity contribution >= 4 is 0 Å². The molecule has 1 atom stereocenters. The second-order valence-corrected chi connectivity index (χ2v) is 3.33. The molecule has 0 bridgehead atoms. The van der Waals surface area contributed by atoms with Crippen LogP contribution in [0.3, 0.4) is 0 Å². The van der Waals surface area contributed by atoms with Crippen molar-refractivity contribution in [1.29, 1.82) is 0 Å². The first-order valence-electron chi connectivity index (χ1n) is 4.46. The van der Waals surface area contributed by atoms with Crippen molar-refractivity contribution in [3.8, 4) is 0 Å². The van der Waals surface area contributed by atoms with E-state index in [2.05, 4.69) is 6.92 Å². The molecule has 0 heterocycles. The number of methoxy groups -OCH3 is 1. The molecule has 0 saturated carbocycles. The van der Waals surface area contributed by atoms with Crippen LogP contribution in [0.4, 0.5) is 0 Å². The highest BCUT2D eigenvalue weighted by atomic mass is 16.5. The summed E-state index contributed by atoms with van der Waals surface area (Å²) in [5.41, 5.74) is 5.37. The number of unbranched alkanes of at least 4 members (excludes halogenated alkanes) is 3. The normalized spacial score (nSPS) is 16.4. The van der Waals surface area contributed by atoms with Gasteiger partial charge in [-0.2, -0.15) is 0 Å². The molecule has 0 fully saturated rings. The second kappa shape index (κ2) is 5.56. The average Bonchev–Trinajstić information content (AvgIpc) is 1.99. The molecule has 1 unspecified atom stereocenters. The van der Waals surface area contributed by atoms with E-state index < -0.39 is 5.72 Å². The lowest BCUT2D eigenvalue weighted by molar-refractivity contribution is 0.00243. The highest BCUT2D eigenvalue weighted by Crippen LogP contribution is 2.12. The zero-order valence-corrected chi connectivity index (χ0v) is 8.02. The molecule has 0 spiro atoms. The first-order valence-corrected chi connectivity index (χ1v) is 4.46. The predicted octanol–water partition coefficient (Wildman–Crippen LogP) is 2.28. The van der Waals surface area contributed by atoms with E-state index in [4.69, 9.17) is 10.5 Å². The van der Waals surface area contributed by atoms with E-state index in [-0.39, 0.29) is 0 Å². The van der Waals surface area contributed by atoms with Crippen LogP contribution in [-0.2, 0) is 4.74 Å². The van der Waals surface area contributed by atoms with E-state index in [1.807, 2.05) is 6.92 Å². The lowest BCUT2D eigenvalue weighted by Gasteiger charge is -2.22. The van der Waals surface area contributed by atoms with Crippen molar-refractivity contribution < 1.29 is 4.74 Å². The molecule has 0 rings (SSSR count). The van der Waals surface area contributed by atoms with Gasteiger partial charge in [-0.25, -0.2) is 0 Å². The summed E-state index contributed by atoms with van der Waals surface area (Å²) in [6.45, 7) is 4.14. The van der Waals surface area contributed by atoms with E-state index in [1.54, 1.807) is 7.11 Å². The topological polar surface area (TPSA) is 35.2 Å². The molecule has 0 aromatic rings. The Hall–Kier alpha value is -0.0800. The van der Waals surface area contributed by atoms with E-state index >= 15 is 0 Å². The van der Waals surface area contributed by atoms with Crippen molar-refractivity contribution in [3.63, 3.8) is 0 Å². The van der Waals surface area contributed by atoms with Gasteiger partial charge >= 0.3 is 0 Å². The molecule has 0 amide bonds. The molecule has 2 heteroatoms. The number of ether oxygens (including phenoxy) is 1. The summed E-state index contributed by atoms with van der Waals surface area (Å²) in [5, 5.41) is 0. The number of hydrogen-bond donors (Lipinski definition) is 1. The molecular formula is C9H21NO. The van der Waals surface area contributed by atoms with E-state index in [0.717, 1.165) is 6.42 Å². The van der Waals surface area contributed by atoms with Crippen LogP contribution in [0, 0.1) is 0 Å². The molecule has 0 aliphatic heterocycles. The van der Waals surface area contributed by atoms with Crippen LogP contribution < -0.4 is 5.73 Å². The second-order valence-electron chi connectivity index (χ2n) is 3.33. The lowest BCUT2D eigenvalue weighted by Crippen LogP contribution is -2.37. The summed E-state index contributed by atoms with van der Waals surface area (Å²) >= 11 is 0. The molecule has 11 heavy (non-hydrogen) atoms. The minimum atomic E-state index is -0.409. The molecule has 0 radical (unpaired) electrons. The van der Waals surface area contributed by atoms with Crippen LogP contribution in [-0.4, -0.2) is 12.8 Å². The molecular weight excluding hydrogens is 138 g/mol. The Labute approximate surface area is 70.1 Å². The fraction of sp³-hybridized carbons (Fsp3) is 1.00. The largest absolute Gasteiger partial charge is 0.364 e. The summed E-state index contributed by atoms with van der Waals surface area (Å²) in [5.74, 6) is 0. The summed E-state index contributed by atoms with van der Waals surface area (Å²) in [7, 11) is 1.67. The zero-order chi connectivity index (χ0) is 8.74. The molecule has 0 aromatic carbocycles. The van der Waals surface area contributed by atoms with Gasteiger partial charge in [0.1, 0.15) is 5.72 Å². The third-order valence-electron chi connectivity index (χ3n) is 1.99.